The van der Waals surface area contributed by atoms with Crippen molar-refractivity contribution < 1.29 is 4.79 Å². The summed E-state index contributed by atoms with van der Waals surface area (Å²) in [5, 5.41) is 9.23. The van der Waals surface area contributed by atoms with Gasteiger partial charge in [0.25, 0.3) is 11.9 Å². The third-order valence-corrected chi connectivity index (χ3v) is 4.06. The Hall–Kier alpha value is -3.26. The third kappa shape index (κ3) is 3.80. The minimum absolute atomic E-state index is 0. The molecule has 0 unspecified atom stereocenters. The molecule has 1 atom stereocenters. The number of hydrogen-bond acceptors (Lipinski definition) is 5. The third-order valence-electron chi connectivity index (χ3n) is 4.06. The monoisotopic (exact) mass is 378 g/mol. The van der Waals surface area contributed by atoms with Gasteiger partial charge in [-0.25, -0.2) is 15.0 Å². The van der Waals surface area contributed by atoms with Crippen molar-refractivity contribution in [1.29, 1.82) is 0 Å². The minimum Gasteiger partial charge on any atom is -0.342 e. The van der Waals surface area contributed by atoms with Crippen LogP contribution in [0.3, 0.4) is 0 Å². The summed E-state index contributed by atoms with van der Waals surface area (Å²) in [4.78, 5) is 25.2. The van der Waals surface area contributed by atoms with Crippen molar-refractivity contribution in [2.45, 2.75) is 13.0 Å². The SMILES string of the molecule is C[C@@H](NC(=O)c1ccc2ccccc2c1)c1ncnn1-c1ncccn1.S. The average molecular weight is 378 g/mol. The van der Waals surface area contributed by atoms with Crippen LogP contribution >= 0.6 is 13.5 Å². The van der Waals surface area contributed by atoms with E-state index in [2.05, 4.69) is 25.4 Å². The molecule has 0 aliphatic carbocycles. The molecule has 0 saturated heterocycles. The molecule has 2 aromatic carbocycles. The normalized spacial score (nSPS) is 11.6. The van der Waals surface area contributed by atoms with E-state index in [1.54, 1.807) is 18.5 Å². The second kappa shape index (κ2) is 7.96. The molecule has 0 bridgehead atoms. The number of carbonyl (C=O) groups excluding carboxylic acids is 1. The van der Waals surface area contributed by atoms with Crippen LogP contribution in [0.5, 0.6) is 0 Å². The maximum Gasteiger partial charge on any atom is 0.252 e. The van der Waals surface area contributed by atoms with Crippen LogP contribution in [0.4, 0.5) is 0 Å². The van der Waals surface area contributed by atoms with Crippen LogP contribution in [-0.2, 0) is 0 Å². The first kappa shape index (κ1) is 18.5. The first-order chi connectivity index (χ1) is 12.7. The molecule has 0 aliphatic rings. The first-order valence-corrected chi connectivity index (χ1v) is 8.19. The van der Waals surface area contributed by atoms with Gasteiger partial charge in [0.1, 0.15) is 6.33 Å². The molecule has 2 aromatic heterocycles. The summed E-state index contributed by atoms with van der Waals surface area (Å²) in [7, 11) is 0. The van der Waals surface area contributed by atoms with Gasteiger partial charge in [-0.05, 0) is 35.9 Å². The molecule has 4 aromatic rings. The van der Waals surface area contributed by atoms with Gasteiger partial charge in [-0.2, -0.15) is 23.3 Å². The molecule has 1 N–H and O–H groups in total. The second-order valence-electron chi connectivity index (χ2n) is 5.84. The fraction of sp³-hybridized carbons (Fsp3) is 0.105. The Morgan fingerprint density at radius 3 is 2.52 bits per heavy atom. The first-order valence-electron chi connectivity index (χ1n) is 8.19. The molecule has 27 heavy (non-hydrogen) atoms. The van der Waals surface area contributed by atoms with Crippen molar-refractivity contribution in [3.8, 4) is 5.95 Å². The van der Waals surface area contributed by atoms with Gasteiger partial charge in [0.2, 0.25) is 0 Å². The fourth-order valence-electron chi connectivity index (χ4n) is 2.78. The zero-order valence-corrected chi connectivity index (χ0v) is 15.6. The van der Waals surface area contributed by atoms with Crippen molar-refractivity contribution in [1.82, 2.24) is 30.0 Å². The lowest BCUT2D eigenvalue weighted by Crippen LogP contribution is -2.29. The molecule has 1 amide bonds. The van der Waals surface area contributed by atoms with Crippen LogP contribution in [-0.4, -0.2) is 30.6 Å². The minimum atomic E-state index is -0.361. The van der Waals surface area contributed by atoms with Gasteiger partial charge in [0, 0.05) is 18.0 Å². The quantitative estimate of drug-likeness (QED) is 0.590. The molecule has 4 rings (SSSR count). The van der Waals surface area contributed by atoms with E-state index >= 15 is 0 Å². The molecule has 0 radical (unpaired) electrons. The van der Waals surface area contributed by atoms with Gasteiger partial charge in [-0.1, -0.05) is 30.3 Å². The Labute approximate surface area is 162 Å². The molecule has 136 valence electrons. The van der Waals surface area contributed by atoms with Gasteiger partial charge < -0.3 is 5.32 Å². The number of aromatic nitrogens is 5. The summed E-state index contributed by atoms with van der Waals surface area (Å²) < 4.78 is 1.52. The number of hydrogen-bond donors (Lipinski definition) is 1. The predicted octanol–water partition coefficient (Wildman–Crippen LogP) is 2.81. The fourth-order valence-corrected chi connectivity index (χ4v) is 2.78. The van der Waals surface area contributed by atoms with E-state index in [0.717, 1.165) is 10.8 Å². The highest BCUT2D eigenvalue weighted by Crippen LogP contribution is 2.17. The van der Waals surface area contributed by atoms with Crippen LogP contribution in [0, 0.1) is 0 Å². The standard InChI is InChI=1S/C19H16N6O.H2S/c1-13(17-22-12-23-25(17)19-20-9-4-10-21-19)24-18(26)16-8-7-14-5-2-3-6-15(14)11-16;/h2-13H,1H3,(H,24,26);1H2/t13-;/m1./s1. The molecular formula is C19H18N6OS. The average Bonchev–Trinajstić information content (AvgIpc) is 3.18. The maximum atomic E-state index is 12.6. The van der Waals surface area contributed by atoms with Gasteiger partial charge >= 0.3 is 0 Å². The molecule has 0 spiro atoms. The Kier molecular flexibility index (Phi) is 5.46. The Balaban J connectivity index is 0.00000210. The van der Waals surface area contributed by atoms with Crippen molar-refractivity contribution in [3.63, 3.8) is 0 Å². The topological polar surface area (TPSA) is 85.6 Å². The van der Waals surface area contributed by atoms with E-state index in [9.17, 15) is 4.79 Å². The van der Waals surface area contributed by atoms with E-state index in [-0.39, 0.29) is 25.4 Å². The van der Waals surface area contributed by atoms with E-state index in [1.807, 2.05) is 49.4 Å². The Bertz CT molecular complexity index is 1070. The van der Waals surface area contributed by atoms with Gasteiger partial charge in [-0.3, -0.25) is 4.79 Å². The molecule has 0 saturated carbocycles. The van der Waals surface area contributed by atoms with Gasteiger partial charge in [-0.15, -0.1) is 0 Å². The highest BCUT2D eigenvalue weighted by molar-refractivity contribution is 7.59. The summed E-state index contributed by atoms with van der Waals surface area (Å²) in [5.41, 5.74) is 0.595. The summed E-state index contributed by atoms with van der Waals surface area (Å²) in [6.07, 6.45) is 4.68. The number of nitrogens with zero attached hydrogens (tertiary/aromatic N) is 5. The smallest absolute Gasteiger partial charge is 0.252 e. The van der Waals surface area contributed by atoms with Gasteiger partial charge in [0.05, 0.1) is 6.04 Å². The van der Waals surface area contributed by atoms with E-state index in [1.165, 1.54) is 11.0 Å². The second-order valence-corrected chi connectivity index (χ2v) is 5.84. The zero-order chi connectivity index (χ0) is 17.9. The number of fused-ring (bicyclic) bond motifs is 1. The number of rotatable bonds is 4. The summed E-state index contributed by atoms with van der Waals surface area (Å²) in [6, 6.07) is 14.9. The lowest BCUT2D eigenvalue weighted by molar-refractivity contribution is 0.0938. The van der Waals surface area contributed by atoms with Crippen LogP contribution in [0.15, 0.2) is 67.3 Å². The molecule has 7 nitrogen and oxygen atoms in total. The highest BCUT2D eigenvalue weighted by atomic mass is 32.1. The lowest BCUT2D eigenvalue weighted by atomic mass is 10.1. The van der Waals surface area contributed by atoms with Crippen molar-refractivity contribution in [2.75, 3.05) is 0 Å². The van der Waals surface area contributed by atoms with Gasteiger partial charge in [0.15, 0.2) is 5.82 Å². The van der Waals surface area contributed by atoms with Crippen LogP contribution in [0.25, 0.3) is 16.7 Å². The molecule has 0 aliphatic heterocycles. The molecule has 0 fully saturated rings. The van der Waals surface area contributed by atoms with E-state index in [4.69, 9.17) is 0 Å². The van der Waals surface area contributed by atoms with Crippen molar-refractivity contribution >= 4 is 30.2 Å². The maximum absolute atomic E-state index is 12.6. The summed E-state index contributed by atoms with van der Waals surface area (Å²) in [6.45, 7) is 1.85. The highest BCUT2D eigenvalue weighted by Gasteiger charge is 2.18. The zero-order valence-electron chi connectivity index (χ0n) is 14.6. The van der Waals surface area contributed by atoms with E-state index in [0.29, 0.717) is 17.3 Å². The molecule has 2 heterocycles. The van der Waals surface area contributed by atoms with Crippen LogP contribution in [0.2, 0.25) is 0 Å². The summed E-state index contributed by atoms with van der Waals surface area (Å²) >= 11 is 0. The number of nitrogens with one attached hydrogen (secondary N) is 1. The largest absolute Gasteiger partial charge is 0.342 e. The van der Waals surface area contributed by atoms with Crippen LogP contribution < -0.4 is 5.32 Å². The molecular weight excluding hydrogens is 360 g/mol. The van der Waals surface area contributed by atoms with Crippen molar-refractivity contribution in [3.05, 3.63) is 78.6 Å². The Morgan fingerprint density at radius 2 is 1.74 bits per heavy atom. The number of benzene rings is 2. The molecule has 8 heteroatoms. The van der Waals surface area contributed by atoms with E-state index < -0.39 is 0 Å². The van der Waals surface area contributed by atoms with Crippen LogP contribution in [0.1, 0.15) is 29.1 Å². The lowest BCUT2D eigenvalue weighted by Gasteiger charge is -2.14. The Morgan fingerprint density at radius 1 is 1.00 bits per heavy atom. The predicted molar refractivity (Wildman–Crippen MR) is 107 cm³/mol. The summed E-state index contributed by atoms with van der Waals surface area (Å²) in [5.74, 6) is 0.795. The number of carbonyl (C=O) groups is 1. The number of amides is 1. The van der Waals surface area contributed by atoms with Crippen molar-refractivity contribution in [2.24, 2.45) is 0 Å².